The van der Waals surface area contributed by atoms with Gasteiger partial charge in [-0.25, -0.2) is 0 Å². The molecule has 0 aromatic heterocycles. The molecule has 1 saturated heterocycles. The predicted octanol–water partition coefficient (Wildman–Crippen LogP) is 4.65. The van der Waals surface area contributed by atoms with Crippen LogP contribution >= 0.6 is 0 Å². The molecule has 3 aromatic carbocycles. The first-order valence-corrected chi connectivity index (χ1v) is 8.93. The quantitative estimate of drug-likeness (QED) is 0.731. The highest BCUT2D eigenvalue weighted by Crippen LogP contribution is 2.24. The van der Waals surface area contributed by atoms with Crippen molar-refractivity contribution in [3.63, 3.8) is 0 Å². The Morgan fingerprint density at radius 2 is 1.85 bits per heavy atom. The summed E-state index contributed by atoms with van der Waals surface area (Å²) in [7, 11) is 0. The van der Waals surface area contributed by atoms with Crippen molar-refractivity contribution in [2.45, 2.75) is 18.9 Å². The van der Waals surface area contributed by atoms with E-state index in [2.05, 4.69) is 5.32 Å². The summed E-state index contributed by atoms with van der Waals surface area (Å²) in [5.41, 5.74) is 1.41. The molecule has 1 amide bonds. The lowest BCUT2D eigenvalue weighted by molar-refractivity contribution is 0.0679. The summed E-state index contributed by atoms with van der Waals surface area (Å²) in [6, 6.07) is 21.1. The van der Waals surface area contributed by atoms with Crippen LogP contribution in [0.15, 0.2) is 66.7 Å². The standard InChI is InChI=1S/C22H21NO3/c24-22(23-21-9-3-6-16-5-1-2-8-20(16)21)17-10-12-18(13-11-17)26-15-19-7-4-14-25-19/h1-3,5-6,8-13,19H,4,7,14-15H2,(H,23,24)/t19-/m0/s1. The number of anilines is 1. The van der Waals surface area contributed by atoms with Gasteiger partial charge in [-0.1, -0.05) is 36.4 Å². The van der Waals surface area contributed by atoms with E-state index in [1.165, 1.54) is 0 Å². The second-order valence-corrected chi connectivity index (χ2v) is 6.45. The highest BCUT2D eigenvalue weighted by Gasteiger charge is 2.16. The largest absolute Gasteiger partial charge is 0.491 e. The molecule has 1 aliphatic heterocycles. The maximum absolute atomic E-state index is 12.6. The van der Waals surface area contributed by atoms with Gasteiger partial charge >= 0.3 is 0 Å². The maximum atomic E-state index is 12.6. The Morgan fingerprint density at radius 3 is 2.65 bits per heavy atom. The Morgan fingerprint density at radius 1 is 1.04 bits per heavy atom. The molecule has 4 nitrogen and oxygen atoms in total. The molecule has 0 bridgehead atoms. The minimum atomic E-state index is -0.132. The van der Waals surface area contributed by atoms with Crippen molar-refractivity contribution in [1.82, 2.24) is 0 Å². The van der Waals surface area contributed by atoms with Gasteiger partial charge in [-0.15, -0.1) is 0 Å². The number of nitrogens with one attached hydrogen (secondary N) is 1. The maximum Gasteiger partial charge on any atom is 0.255 e. The van der Waals surface area contributed by atoms with E-state index in [1.54, 1.807) is 12.1 Å². The SMILES string of the molecule is O=C(Nc1cccc2ccccc12)c1ccc(OC[C@@H]2CCCO2)cc1. The van der Waals surface area contributed by atoms with E-state index in [-0.39, 0.29) is 12.0 Å². The molecule has 0 aliphatic carbocycles. The number of ether oxygens (including phenoxy) is 2. The van der Waals surface area contributed by atoms with Crippen LogP contribution in [0, 0.1) is 0 Å². The Hall–Kier alpha value is -2.85. The van der Waals surface area contributed by atoms with Gasteiger partial charge in [0.05, 0.1) is 6.10 Å². The molecule has 1 aliphatic rings. The summed E-state index contributed by atoms with van der Waals surface area (Å²) in [4.78, 5) is 12.6. The summed E-state index contributed by atoms with van der Waals surface area (Å²) in [6.07, 6.45) is 2.33. The topological polar surface area (TPSA) is 47.6 Å². The van der Waals surface area contributed by atoms with Crippen LogP contribution in [0.1, 0.15) is 23.2 Å². The molecular formula is C22H21NO3. The van der Waals surface area contributed by atoms with Gasteiger partial charge in [-0.3, -0.25) is 4.79 Å². The fraction of sp³-hybridized carbons (Fsp3) is 0.227. The zero-order chi connectivity index (χ0) is 17.8. The Balaban J connectivity index is 1.42. The summed E-state index contributed by atoms with van der Waals surface area (Å²) in [6.45, 7) is 1.38. The van der Waals surface area contributed by atoms with E-state index in [4.69, 9.17) is 9.47 Å². The second-order valence-electron chi connectivity index (χ2n) is 6.45. The van der Waals surface area contributed by atoms with Crippen LogP contribution in [0.3, 0.4) is 0 Å². The summed E-state index contributed by atoms with van der Waals surface area (Å²) >= 11 is 0. The fourth-order valence-corrected chi connectivity index (χ4v) is 3.20. The predicted molar refractivity (Wildman–Crippen MR) is 103 cm³/mol. The van der Waals surface area contributed by atoms with Crippen molar-refractivity contribution in [2.75, 3.05) is 18.5 Å². The minimum Gasteiger partial charge on any atom is -0.491 e. The number of hydrogen-bond donors (Lipinski definition) is 1. The zero-order valence-corrected chi connectivity index (χ0v) is 14.5. The molecule has 4 rings (SSSR count). The molecule has 1 fully saturated rings. The van der Waals surface area contributed by atoms with Crippen LogP contribution < -0.4 is 10.1 Å². The van der Waals surface area contributed by atoms with Crippen LogP contribution in [-0.2, 0) is 4.74 Å². The van der Waals surface area contributed by atoms with Crippen LogP contribution in [-0.4, -0.2) is 25.2 Å². The number of fused-ring (bicyclic) bond motifs is 1. The molecule has 0 unspecified atom stereocenters. The van der Waals surface area contributed by atoms with E-state index in [1.807, 2.05) is 54.6 Å². The Bertz CT molecular complexity index is 893. The van der Waals surface area contributed by atoms with Gasteiger partial charge in [-0.05, 0) is 48.6 Å². The van der Waals surface area contributed by atoms with Gasteiger partial charge in [0, 0.05) is 23.2 Å². The van der Waals surface area contributed by atoms with E-state index in [9.17, 15) is 4.79 Å². The smallest absolute Gasteiger partial charge is 0.255 e. The molecule has 0 saturated carbocycles. The number of amides is 1. The molecule has 1 atom stereocenters. The zero-order valence-electron chi connectivity index (χ0n) is 14.5. The van der Waals surface area contributed by atoms with Gasteiger partial charge in [-0.2, -0.15) is 0 Å². The average Bonchev–Trinajstić information content (AvgIpc) is 3.21. The third-order valence-electron chi connectivity index (χ3n) is 4.61. The molecule has 1 heterocycles. The number of carbonyl (C=O) groups is 1. The highest BCUT2D eigenvalue weighted by atomic mass is 16.5. The molecular weight excluding hydrogens is 326 g/mol. The Kier molecular flexibility index (Phi) is 4.84. The van der Waals surface area contributed by atoms with Crippen molar-refractivity contribution >= 4 is 22.4 Å². The number of carbonyl (C=O) groups excluding carboxylic acids is 1. The van der Waals surface area contributed by atoms with E-state index >= 15 is 0 Å². The average molecular weight is 347 g/mol. The molecule has 0 spiro atoms. The Labute approximate surface area is 152 Å². The second kappa shape index (κ2) is 7.58. The molecule has 3 aromatic rings. The van der Waals surface area contributed by atoms with Crippen molar-refractivity contribution in [3.8, 4) is 5.75 Å². The monoisotopic (exact) mass is 347 g/mol. The van der Waals surface area contributed by atoms with Gasteiger partial charge in [0.2, 0.25) is 0 Å². The molecule has 26 heavy (non-hydrogen) atoms. The molecule has 0 radical (unpaired) electrons. The van der Waals surface area contributed by atoms with Crippen molar-refractivity contribution in [1.29, 1.82) is 0 Å². The minimum absolute atomic E-state index is 0.132. The number of hydrogen-bond acceptors (Lipinski definition) is 3. The number of benzene rings is 3. The van der Waals surface area contributed by atoms with Crippen LogP contribution in [0.5, 0.6) is 5.75 Å². The van der Waals surface area contributed by atoms with E-state index in [0.29, 0.717) is 12.2 Å². The van der Waals surface area contributed by atoms with Crippen molar-refractivity contribution in [3.05, 3.63) is 72.3 Å². The van der Waals surface area contributed by atoms with Crippen molar-refractivity contribution < 1.29 is 14.3 Å². The van der Waals surface area contributed by atoms with Gasteiger partial charge in [0.1, 0.15) is 12.4 Å². The van der Waals surface area contributed by atoms with Crippen LogP contribution in [0.4, 0.5) is 5.69 Å². The van der Waals surface area contributed by atoms with Gasteiger partial charge in [0.25, 0.3) is 5.91 Å². The lowest BCUT2D eigenvalue weighted by atomic mass is 10.1. The van der Waals surface area contributed by atoms with Gasteiger partial charge in [0.15, 0.2) is 0 Å². The highest BCUT2D eigenvalue weighted by molar-refractivity contribution is 6.09. The summed E-state index contributed by atoms with van der Waals surface area (Å²) < 4.78 is 11.3. The first-order chi connectivity index (χ1) is 12.8. The normalized spacial score (nSPS) is 16.5. The number of rotatable bonds is 5. The molecule has 4 heteroatoms. The third-order valence-corrected chi connectivity index (χ3v) is 4.61. The van der Waals surface area contributed by atoms with Gasteiger partial charge < -0.3 is 14.8 Å². The third kappa shape index (κ3) is 3.70. The molecule has 1 N–H and O–H groups in total. The van der Waals surface area contributed by atoms with E-state index in [0.717, 1.165) is 41.7 Å². The van der Waals surface area contributed by atoms with Crippen molar-refractivity contribution in [2.24, 2.45) is 0 Å². The van der Waals surface area contributed by atoms with Crippen LogP contribution in [0.25, 0.3) is 10.8 Å². The first kappa shape index (κ1) is 16.6. The lowest BCUT2D eigenvalue weighted by Crippen LogP contribution is -2.16. The summed E-state index contributed by atoms with van der Waals surface area (Å²) in [5, 5.41) is 5.13. The summed E-state index contributed by atoms with van der Waals surface area (Å²) in [5.74, 6) is 0.620. The van der Waals surface area contributed by atoms with E-state index < -0.39 is 0 Å². The first-order valence-electron chi connectivity index (χ1n) is 8.93. The molecule has 132 valence electrons. The fourth-order valence-electron chi connectivity index (χ4n) is 3.20. The lowest BCUT2D eigenvalue weighted by Gasteiger charge is -2.12. The van der Waals surface area contributed by atoms with Crippen LogP contribution in [0.2, 0.25) is 0 Å².